The fraction of sp³-hybridized carbons (Fsp3) is 0.158. The summed E-state index contributed by atoms with van der Waals surface area (Å²) in [5, 5.41) is 1.94. The van der Waals surface area contributed by atoms with Crippen molar-refractivity contribution in [1.29, 1.82) is 0 Å². The second-order valence-electron chi connectivity index (χ2n) is 6.02. The Morgan fingerprint density at radius 3 is 2.81 bits per heavy atom. The second-order valence-corrected chi connectivity index (χ2v) is 7.56. The van der Waals surface area contributed by atoms with Gasteiger partial charge in [0.1, 0.15) is 18.0 Å². The van der Waals surface area contributed by atoms with Crippen LogP contribution in [0.25, 0.3) is 11.3 Å². The van der Waals surface area contributed by atoms with Crippen LogP contribution in [0.4, 0.5) is 0 Å². The Labute approximate surface area is 159 Å². The summed E-state index contributed by atoms with van der Waals surface area (Å²) < 4.78 is 9.98. The highest BCUT2D eigenvalue weighted by Gasteiger charge is 2.08. The first-order chi connectivity index (χ1) is 12.5. The van der Waals surface area contributed by atoms with Crippen LogP contribution in [0.5, 0.6) is 5.75 Å². The molecular weight excluding hydrogens is 370 g/mol. The van der Waals surface area contributed by atoms with E-state index in [2.05, 4.69) is 4.98 Å². The molecule has 4 heterocycles. The van der Waals surface area contributed by atoms with Crippen molar-refractivity contribution >= 4 is 28.6 Å². The molecule has 0 aromatic carbocycles. The van der Waals surface area contributed by atoms with E-state index in [0.717, 1.165) is 32.6 Å². The van der Waals surface area contributed by atoms with Crippen molar-refractivity contribution in [2.24, 2.45) is 0 Å². The van der Waals surface area contributed by atoms with Gasteiger partial charge in [-0.25, -0.2) is 4.98 Å². The van der Waals surface area contributed by atoms with Gasteiger partial charge >= 0.3 is 0 Å². The molecule has 7 heteroatoms. The Bertz CT molecular complexity index is 1160. The zero-order chi connectivity index (χ0) is 18.3. The summed E-state index contributed by atoms with van der Waals surface area (Å²) in [6, 6.07) is 8.93. The molecule has 0 aliphatic carbocycles. The Morgan fingerprint density at radius 2 is 2.08 bits per heavy atom. The summed E-state index contributed by atoms with van der Waals surface area (Å²) in [7, 11) is 0. The number of nitrogens with zero attached hydrogens (tertiary/aromatic N) is 3. The summed E-state index contributed by atoms with van der Waals surface area (Å²) >= 11 is 7.37. The highest BCUT2D eigenvalue weighted by molar-refractivity contribution is 7.14. The van der Waals surface area contributed by atoms with Gasteiger partial charge < -0.3 is 9.14 Å². The lowest BCUT2D eigenvalue weighted by molar-refractivity contribution is 0.306. The lowest BCUT2D eigenvalue weighted by atomic mass is 10.3. The Morgan fingerprint density at radius 1 is 1.23 bits per heavy atom. The summed E-state index contributed by atoms with van der Waals surface area (Å²) in [6.07, 6.45) is 3.64. The largest absolute Gasteiger partial charge is 0.489 e. The molecule has 5 nitrogen and oxygen atoms in total. The van der Waals surface area contributed by atoms with E-state index in [9.17, 15) is 4.79 Å². The van der Waals surface area contributed by atoms with E-state index < -0.39 is 0 Å². The molecule has 132 valence electrons. The van der Waals surface area contributed by atoms with Gasteiger partial charge in [-0.1, -0.05) is 11.6 Å². The molecule has 4 aromatic rings. The SMILES string of the molecule is Cc1nc2ccc(-n3ccc(OCc4csc(Cl)c4)cc3=O)cn2c1C. The van der Waals surface area contributed by atoms with Gasteiger partial charge in [0.25, 0.3) is 5.56 Å². The first-order valence-corrected chi connectivity index (χ1v) is 9.31. The molecule has 0 saturated heterocycles. The Balaban J connectivity index is 1.61. The number of ether oxygens (including phenoxy) is 1. The van der Waals surface area contributed by atoms with Crippen LogP contribution >= 0.6 is 22.9 Å². The third-order valence-electron chi connectivity index (χ3n) is 4.28. The molecule has 26 heavy (non-hydrogen) atoms. The first kappa shape index (κ1) is 16.9. The number of hydrogen-bond acceptors (Lipinski definition) is 4. The monoisotopic (exact) mass is 385 g/mol. The molecule has 0 spiro atoms. The molecule has 0 bridgehead atoms. The van der Waals surface area contributed by atoms with E-state index in [1.54, 1.807) is 16.8 Å². The molecule has 4 rings (SSSR count). The lowest BCUT2D eigenvalue weighted by Crippen LogP contribution is -2.17. The number of halogens is 1. The van der Waals surface area contributed by atoms with E-state index in [0.29, 0.717) is 12.4 Å². The number of imidazole rings is 1. The number of pyridine rings is 2. The van der Waals surface area contributed by atoms with E-state index in [4.69, 9.17) is 16.3 Å². The van der Waals surface area contributed by atoms with Crippen molar-refractivity contribution in [3.8, 4) is 11.4 Å². The molecule has 0 aliphatic heterocycles. The van der Waals surface area contributed by atoms with E-state index in [1.165, 1.54) is 17.4 Å². The number of aryl methyl sites for hydroxylation is 2. The maximum absolute atomic E-state index is 12.5. The fourth-order valence-electron chi connectivity index (χ4n) is 2.76. The zero-order valence-corrected chi connectivity index (χ0v) is 15.8. The molecule has 0 amide bonds. The van der Waals surface area contributed by atoms with Crippen molar-refractivity contribution in [3.05, 3.63) is 79.7 Å². The normalized spacial score (nSPS) is 11.2. The smallest absolute Gasteiger partial charge is 0.258 e. The molecule has 0 fully saturated rings. The van der Waals surface area contributed by atoms with E-state index in [-0.39, 0.29) is 5.56 Å². The van der Waals surface area contributed by atoms with Crippen LogP contribution in [-0.4, -0.2) is 14.0 Å². The molecule has 0 N–H and O–H groups in total. The highest BCUT2D eigenvalue weighted by Crippen LogP contribution is 2.21. The number of fused-ring (bicyclic) bond motifs is 1. The van der Waals surface area contributed by atoms with Gasteiger partial charge in [0.15, 0.2) is 0 Å². The van der Waals surface area contributed by atoms with Crippen LogP contribution in [0.2, 0.25) is 4.34 Å². The van der Waals surface area contributed by atoms with Gasteiger partial charge in [-0.05, 0) is 43.5 Å². The van der Waals surface area contributed by atoms with Gasteiger partial charge in [0.2, 0.25) is 0 Å². The van der Waals surface area contributed by atoms with Crippen LogP contribution < -0.4 is 10.3 Å². The summed E-state index contributed by atoms with van der Waals surface area (Å²) in [5.74, 6) is 0.532. The highest BCUT2D eigenvalue weighted by atomic mass is 35.5. The molecule has 4 aromatic heterocycles. The van der Waals surface area contributed by atoms with Crippen molar-refractivity contribution < 1.29 is 4.74 Å². The standard InChI is InChI=1S/C19H16ClN3O2S/c1-12-13(2)23-9-15(3-4-18(23)21-12)22-6-5-16(8-19(22)24)25-10-14-7-17(20)26-11-14/h3-9,11H,10H2,1-2H3. The van der Waals surface area contributed by atoms with Crippen LogP contribution in [0.1, 0.15) is 17.0 Å². The fourth-order valence-corrected chi connectivity index (χ4v) is 3.66. The van der Waals surface area contributed by atoms with Crippen LogP contribution in [0.15, 0.2) is 52.9 Å². The van der Waals surface area contributed by atoms with Crippen LogP contribution in [-0.2, 0) is 6.61 Å². The first-order valence-electron chi connectivity index (χ1n) is 8.05. The predicted octanol–water partition coefficient (Wildman–Crippen LogP) is 4.40. The second kappa shape index (κ2) is 6.63. The molecule has 0 saturated carbocycles. The molecular formula is C19H16ClN3O2S. The number of thiophene rings is 1. The average Bonchev–Trinajstić information content (AvgIpc) is 3.16. The van der Waals surface area contributed by atoms with Gasteiger partial charge in [-0.2, -0.15) is 0 Å². The summed E-state index contributed by atoms with van der Waals surface area (Å²) in [5.41, 5.74) is 4.52. The van der Waals surface area contributed by atoms with Gasteiger partial charge in [0.05, 0.1) is 15.7 Å². The molecule has 0 radical (unpaired) electrons. The zero-order valence-electron chi connectivity index (χ0n) is 14.3. The maximum Gasteiger partial charge on any atom is 0.258 e. The van der Waals surface area contributed by atoms with Crippen LogP contribution in [0, 0.1) is 13.8 Å². The van der Waals surface area contributed by atoms with Crippen molar-refractivity contribution in [2.45, 2.75) is 20.5 Å². The molecule has 0 aliphatic rings. The Hall–Kier alpha value is -2.57. The predicted molar refractivity (Wildman–Crippen MR) is 104 cm³/mol. The minimum absolute atomic E-state index is 0.153. The topological polar surface area (TPSA) is 48.5 Å². The van der Waals surface area contributed by atoms with E-state index >= 15 is 0 Å². The number of aromatic nitrogens is 3. The van der Waals surface area contributed by atoms with Crippen molar-refractivity contribution in [3.63, 3.8) is 0 Å². The minimum Gasteiger partial charge on any atom is -0.489 e. The average molecular weight is 386 g/mol. The van der Waals surface area contributed by atoms with E-state index in [1.807, 2.05) is 48.0 Å². The van der Waals surface area contributed by atoms with Gasteiger partial charge in [0, 0.05) is 29.7 Å². The third kappa shape index (κ3) is 3.13. The lowest BCUT2D eigenvalue weighted by Gasteiger charge is -2.09. The molecule has 0 atom stereocenters. The van der Waals surface area contributed by atoms with Crippen molar-refractivity contribution in [1.82, 2.24) is 14.0 Å². The van der Waals surface area contributed by atoms with Crippen LogP contribution in [0.3, 0.4) is 0 Å². The number of hydrogen-bond donors (Lipinski definition) is 0. The third-order valence-corrected chi connectivity index (χ3v) is 5.42. The quantitative estimate of drug-likeness (QED) is 0.523. The van der Waals surface area contributed by atoms with Crippen molar-refractivity contribution in [2.75, 3.05) is 0 Å². The van der Waals surface area contributed by atoms with Gasteiger partial charge in [-0.3, -0.25) is 9.36 Å². The number of rotatable bonds is 4. The minimum atomic E-state index is -0.153. The summed E-state index contributed by atoms with van der Waals surface area (Å²) in [6.45, 7) is 4.36. The van der Waals surface area contributed by atoms with Gasteiger partial charge in [-0.15, -0.1) is 11.3 Å². The molecule has 0 unspecified atom stereocenters. The summed E-state index contributed by atoms with van der Waals surface area (Å²) in [4.78, 5) is 17.0. The maximum atomic E-state index is 12.5. The Kier molecular flexibility index (Phi) is 4.30.